The standard InChI is InChI=1S/C10H12N2O2/c1-8(13)4-6-12-10(14)9-3-2-5-11-7-9/h2-3,5,7H,4,6H2,1H3,(H,12,14). The van der Waals surface area contributed by atoms with Gasteiger partial charge in [-0.15, -0.1) is 0 Å². The Morgan fingerprint density at radius 1 is 1.50 bits per heavy atom. The fourth-order valence-electron chi connectivity index (χ4n) is 0.951. The monoisotopic (exact) mass is 192 g/mol. The van der Waals surface area contributed by atoms with Gasteiger partial charge in [-0.05, 0) is 19.1 Å². The van der Waals surface area contributed by atoms with E-state index in [-0.39, 0.29) is 11.7 Å². The van der Waals surface area contributed by atoms with Gasteiger partial charge < -0.3 is 5.32 Å². The van der Waals surface area contributed by atoms with Crippen molar-refractivity contribution in [2.75, 3.05) is 6.54 Å². The number of ketones is 1. The minimum Gasteiger partial charge on any atom is -0.352 e. The van der Waals surface area contributed by atoms with E-state index in [1.54, 1.807) is 18.3 Å². The Labute approximate surface area is 82.3 Å². The van der Waals surface area contributed by atoms with Gasteiger partial charge in [0.1, 0.15) is 5.78 Å². The highest BCUT2D eigenvalue weighted by molar-refractivity contribution is 5.94. The molecule has 0 aliphatic carbocycles. The van der Waals surface area contributed by atoms with Gasteiger partial charge >= 0.3 is 0 Å². The molecule has 0 fully saturated rings. The summed E-state index contributed by atoms with van der Waals surface area (Å²) in [7, 11) is 0. The second-order valence-corrected chi connectivity index (χ2v) is 2.95. The zero-order valence-electron chi connectivity index (χ0n) is 7.99. The highest BCUT2D eigenvalue weighted by Gasteiger charge is 2.03. The molecule has 0 unspecified atom stereocenters. The van der Waals surface area contributed by atoms with Crippen LogP contribution in [0.25, 0.3) is 0 Å². The SMILES string of the molecule is CC(=O)CCNC(=O)c1cccnc1. The maximum absolute atomic E-state index is 11.4. The van der Waals surface area contributed by atoms with Crippen LogP contribution in [0.2, 0.25) is 0 Å². The number of aromatic nitrogens is 1. The number of nitrogens with zero attached hydrogens (tertiary/aromatic N) is 1. The van der Waals surface area contributed by atoms with Crippen LogP contribution >= 0.6 is 0 Å². The zero-order valence-corrected chi connectivity index (χ0v) is 7.99. The third-order valence-electron chi connectivity index (χ3n) is 1.69. The van der Waals surface area contributed by atoms with Gasteiger partial charge in [0.05, 0.1) is 5.56 Å². The van der Waals surface area contributed by atoms with Crippen molar-refractivity contribution in [3.8, 4) is 0 Å². The summed E-state index contributed by atoms with van der Waals surface area (Å²) < 4.78 is 0. The molecule has 0 saturated carbocycles. The van der Waals surface area contributed by atoms with E-state index in [9.17, 15) is 9.59 Å². The highest BCUT2D eigenvalue weighted by atomic mass is 16.1. The predicted octanol–water partition coefficient (Wildman–Crippen LogP) is 0.791. The minimum absolute atomic E-state index is 0.0662. The molecule has 1 rings (SSSR count). The quantitative estimate of drug-likeness (QED) is 0.767. The Hall–Kier alpha value is -1.71. The maximum Gasteiger partial charge on any atom is 0.252 e. The molecule has 1 amide bonds. The van der Waals surface area contributed by atoms with Crippen molar-refractivity contribution in [3.63, 3.8) is 0 Å². The number of nitrogens with one attached hydrogen (secondary N) is 1. The van der Waals surface area contributed by atoms with Crippen LogP contribution in [0.5, 0.6) is 0 Å². The summed E-state index contributed by atoms with van der Waals surface area (Å²) in [6.45, 7) is 1.87. The topological polar surface area (TPSA) is 59.1 Å². The Morgan fingerprint density at radius 2 is 2.29 bits per heavy atom. The normalized spacial score (nSPS) is 9.50. The van der Waals surface area contributed by atoms with Crippen molar-refractivity contribution in [1.29, 1.82) is 0 Å². The van der Waals surface area contributed by atoms with Crippen LogP contribution in [0.1, 0.15) is 23.7 Å². The summed E-state index contributed by atoms with van der Waals surface area (Å²) in [5, 5.41) is 2.63. The molecule has 1 N–H and O–H groups in total. The summed E-state index contributed by atoms with van der Waals surface area (Å²) in [6, 6.07) is 3.37. The van der Waals surface area contributed by atoms with Crippen LogP contribution in [-0.4, -0.2) is 23.2 Å². The van der Waals surface area contributed by atoms with E-state index in [0.717, 1.165) is 0 Å². The highest BCUT2D eigenvalue weighted by Crippen LogP contribution is 1.94. The molecule has 74 valence electrons. The molecule has 0 bridgehead atoms. The van der Waals surface area contributed by atoms with Gasteiger partial charge in [-0.1, -0.05) is 0 Å². The molecule has 4 nitrogen and oxygen atoms in total. The molecule has 0 atom stereocenters. The van der Waals surface area contributed by atoms with Crippen LogP contribution in [0.4, 0.5) is 0 Å². The minimum atomic E-state index is -0.195. The molecule has 4 heteroatoms. The summed E-state index contributed by atoms with van der Waals surface area (Å²) >= 11 is 0. The molecule has 0 radical (unpaired) electrons. The summed E-state index contributed by atoms with van der Waals surface area (Å²) in [4.78, 5) is 25.8. The largest absolute Gasteiger partial charge is 0.352 e. The maximum atomic E-state index is 11.4. The molecule has 1 aromatic rings. The Morgan fingerprint density at radius 3 is 2.86 bits per heavy atom. The number of hydrogen-bond acceptors (Lipinski definition) is 3. The molecular formula is C10H12N2O2. The molecule has 0 aliphatic rings. The van der Waals surface area contributed by atoms with Gasteiger partial charge in [0.25, 0.3) is 5.91 Å². The van der Waals surface area contributed by atoms with Crippen molar-refractivity contribution < 1.29 is 9.59 Å². The van der Waals surface area contributed by atoms with Crippen LogP contribution in [0.3, 0.4) is 0 Å². The molecule has 0 saturated heterocycles. The van der Waals surface area contributed by atoms with Crippen molar-refractivity contribution in [3.05, 3.63) is 30.1 Å². The summed E-state index contributed by atoms with van der Waals surface area (Å²) in [5.74, 6) is -0.129. The van der Waals surface area contributed by atoms with E-state index < -0.39 is 0 Å². The predicted molar refractivity (Wildman–Crippen MR) is 51.9 cm³/mol. The van der Waals surface area contributed by atoms with E-state index in [2.05, 4.69) is 10.3 Å². The zero-order chi connectivity index (χ0) is 10.4. The lowest BCUT2D eigenvalue weighted by atomic mass is 10.2. The first-order chi connectivity index (χ1) is 6.70. The van der Waals surface area contributed by atoms with Crippen LogP contribution in [0, 0.1) is 0 Å². The smallest absolute Gasteiger partial charge is 0.252 e. The first kappa shape index (κ1) is 10.4. The van der Waals surface area contributed by atoms with Crippen LogP contribution < -0.4 is 5.32 Å². The van der Waals surface area contributed by atoms with E-state index >= 15 is 0 Å². The molecule has 0 aliphatic heterocycles. The van der Waals surface area contributed by atoms with Crippen molar-refractivity contribution >= 4 is 11.7 Å². The van der Waals surface area contributed by atoms with Gasteiger partial charge in [-0.25, -0.2) is 0 Å². The number of carbonyl (C=O) groups excluding carboxylic acids is 2. The molecule has 1 aromatic heterocycles. The average Bonchev–Trinajstić information content (AvgIpc) is 2.18. The lowest BCUT2D eigenvalue weighted by Gasteiger charge is -2.02. The molecule has 14 heavy (non-hydrogen) atoms. The van der Waals surface area contributed by atoms with Gasteiger partial charge in [-0.3, -0.25) is 14.6 Å². The first-order valence-corrected chi connectivity index (χ1v) is 4.38. The number of pyridine rings is 1. The number of Topliss-reactive ketones (excluding diaryl/α,β-unsaturated/α-hetero) is 1. The van der Waals surface area contributed by atoms with E-state index in [4.69, 9.17) is 0 Å². The van der Waals surface area contributed by atoms with Gasteiger partial charge in [0.2, 0.25) is 0 Å². The number of carbonyl (C=O) groups is 2. The van der Waals surface area contributed by atoms with Gasteiger partial charge in [0, 0.05) is 25.4 Å². The molecule has 0 aromatic carbocycles. The number of hydrogen-bond donors (Lipinski definition) is 1. The third-order valence-corrected chi connectivity index (χ3v) is 1.69. The fraction of sp³-hybridized carbons (Fsp3) is 0.300. The first-order valence-electron chi connectivity index (χ1n) is 4.38. The van der Waals surface area contributed by atoms with Crippen molar-refractivity contribution in [2.24, 2.45) is 0 Å². The second kappa shape index (κ2) is 5.11. The van der Waals surface area contributed by atoms with Gasteiger partial charge in [-0.2, -0.15) is 0 Å². The average molecular weight is 192 g/mol. The number of rotatable bonds is 4. The van der Waals surface area contributed by atoms with Crippen molar-refractivity contribution in [1.82, 2.24) is 10.3 Å². The summed E-state index contributed by atoms with van der Waals surface area (Å²) in [5.41, 5.74) is 0.510. The molecule has 0 spiro atoms. The van der Waals surface area contributed by atoms with Crippen LogP contribution in [0.15, 0.2) is 24.5 Å². The molecular weight excluding hydrogens is 180 g/mol. The van der Waals surface area contributed by atoms with E-state index in [0.29, 0.717) is 18.5 Å². The lowest BCUT2D eigenvalue weighted by molar-refractivity contribution is -0.116. The second-order valence-electron chi connectivity index (χ2n) is 2.95. The Bertz CT molecular complexity index is 322. The van der Waals surface area contributed by atoms with Gasteiger partial charge in [0.15, 0.2) is 0 Å². The van der Waals surface area contributed by atoms with Crippen molar-refractivity contribution in [2.45, 2.75) is 13.3 Å². The van der Waals surface area contributed by atoms with E-state index in [1.165, 1.54) is 13.1 Å². The summed E-state index contributed by atoms with van der Waals surface area (Å²) in [6.07, 6.45) is 3.46. The number of amides is 1. The fourth-order valence-corrected chi connectivity index (χ4v) is 0.951. The van der Waals surface area contributed by atoms with E-state index in [1.807, 2.05) is 0 Å². The Balaban J connectivity index is 2.40. The Kier molecular flexibility index (Phi) is 3.79. The lowest BCUT2D eigenvalue weighted by Crippen LogP contribution is -2.25. The third kappa shape index (κ3) is 3.35. The molecule has 1 heterocycles. The van der Waals surface area contributed by atoms with Crippen LogP contribution in [-0.2, 0) is 4.79 Å².